The van der Waals surface area contributed by atoms with E-state index >= 15 is 0 Å². The van der Waals surface area contributed by atoms with Gasteiger partial charge in [0.05, 0.1) is 5.69 Å². The minimum atomic E-state index is 0.867. The molecule has 0 bridgehead atoms. The zero-order chi connectivity index (χ0) is 9.10. The van der Waals surface area contributed by atoms with Crippen LogP contribution in [0, 0.1) is 6.20 Å². The molecular weight excluding hydrogens is 228 g/mol. The van der Waals surface area contributed by atoms with Gasteiger partial charge in [0.1, 0.15) is 6.20 Å². The van der Waals surface area contributed by atoms with Crippen molar-refractivity contribution in [1.82, 2.24) is 10.2 Å². The van der Waals surface area contributed by atoms with Gasteiger partial charge in [-0.05, 0) is 24.3 Å². The second-order valence-electron chi connectivity index (χ2n) is 2.55. The fourth-order valence-electron chi connectivity index (χ4n) is 1.04. The van der Waals surface area contributed by atoms with Crippen LogP contribution in [0.1, 0.15) is 0 Å². The molecule has 1 aromatic heterocycles. The molecule has 1 heterocycles. The lowest BCUT2D eigenvalue weighted by Crippen LogP contribution is -1.84. The fourth-order valence-corrected chi connectivity index (χ4v) is 1.30. The molecule has 0 amide bonds. The first-order valence-electron chi connectivity index (χ1n) is 3.82. The van der Waals surface area contributed by atoms with Crippen molar-refractivity contribution in [1.29, 1.82) is 0 Å². The monoisotopic (exact) mass is 233 g/mol. The summed E-state index contributed by atoms with van der Waals surface area (Å²) in [5.74, 6) is 0. The summed E-state index contributed by atoms with van der Waals surface area (Å²) in [5, 5.41) is 7.65. The molecule has 0 fully saturated rings. The molecule has 1 radical (unpaired) electrons. The molecule has 0 aliphatic heterocycles. The van der Waals surface area contributed by atoms with Gasteiger partial charge in [0.15, 0.2) is 0 Å². The summed E-state index contributed by atoms with van der Waals surface area (Å²) in [4.78, 5) is 0. The first kappa shape index (κ1) is 8.38. The average Bonchev–Trinajstić information content (AvgIpc) is 2.20. The average molecular weight is 234 g/mol. The zero-order valence-corrected chi connectivity index (χ0v) is 8.32. The van der Waals surface area contributed by atoms with Crippen LogP contribution in [0.4, 0.5) is 0 Å². The highest BCUT2D eigenvalue weighted by Gasteiger charge is 1.97. The number of benzene rings is 1. The van der Waals surface area contributed by atoms with Crippen LogP contribution in [-0.4, -0.2) is 10.2 Å². The summed E-state index contributed by atoms with van der Waals surface area (Å²) < 4.78 is 1.06. The lowest BCUT2D eigenvalue weighted by Gasteiger charge is -1.97. The number of aromatic nitrogens is 2. The first-order valence-corrected chi connectivity index (χ1v) is 4.61. The molecule has 13 heavy (non-hydrogen) atoms. The zero-order valence-electron chi connectivity index (χ0n) is 6.74. The van der Waals surface area contributed by atoms with Gasteiger partial charge in [-0.1, -0.05) is 28.1 Å². The molecule has 3 heteroatoms. The highest BCUT2D eigenvalue weighted by Crippen LogP contribution is 2.18. The summed E-state index contributed by atoms with van der Waals surface area (Å²) in [6.45, 7) is 0. The lowest BCUT2D eigenvalue weighted by atomic mass is 10.1. The molecule has 0 aliphatic rings. The molecule has 0 aliphatic carbocycles. The Bertz CT molecular complexity index is 383. The highest BCUT2D eigenvalue weighted by atomic mass is 79.9. The van der Waals surface area contributed by atoms with Gasteiger partial charge >= 0.3 is 0 Å². The van der Waals surface area contributed by atoms with Crippen LogP contribution in [0.2, 0.25) is 0 Å². The smallest absolute Gasteiger partial charge is 0.113 e. The Balaban J connectivity index is 2.42. The number of nitrogens with zero attached hydrogens (tertiary/aromatic N) is 2. The van der Waals surface area contributed by atoms with Crippen molar-refractivity contribution in [2.45, 2.75) is 0 Å². The third-order valence-corrected chi connectivity index (χ3v) is 2.20. The second-order valence-corrected chi connectivity index (χ2v) is 3.47. The van der Waals surface area contributed by atoms with E-state index in [2.05, 4.69) is 32.3 Å². The van der Waals surface area contributed by atoms with Crippen molar-refractivity contribution in [2.24, 2.45) is 0 Å². The van der Waals surface area contributed by atoms with Crippen molar-refractivity contribution >= 4 is 15.9 Å². The summed E-state index contributed by atoms with van der Waals surface area (Å²) in [6.07, 6.45) is 2.64. The van der Waals surface area contributed by atoms with Crippen LogP contribution in [-0.2, 0) is 0 Å². The normalized spacial score (nSPS) is 9.92. The van der Waals surface area contributed by atoms with E-state index in [1.165, 1.54) is 0 Å². The van der Waals surface area contributed by atoms with E-state index in [0.29, 0.717) is 0 Å². The molecular formula is C10H6BrN2. The molecule has 63 valence electrons. The van der Waals surface area contributed by atoms with Gasteiger partial charge < -0.3 is 0 Å². The van der Waals surface area contributed by atoms with Crippen molar-refractivity contribution in [3.63, 3.8) is 0 Å². The third-order valence-electron chi connectivity index (χ3n) is 1.67. The molecule has 2 nitrogen and oxygen atoms in total. The minimum Gasteiger partial charge on any atom is -0.150 e. The Kier molecular flexibility index (Phi) is 2.36. The lowest BCUT2D eigenvalue weighted by molar-refractivity contribution is 1.03. The summed E-state index contributed by atoms with van der Waals surface area (Å²) >= 11 is 3.38. The van der Waals surface area contributed by atoms with E-state index in [1.807, 2.05) is 30.3 Å². The highest BCUT2D eigenvalue weighted by molar-refractivity contribution is 9.10. The van der Waals surface area contributed by atoms with Gasteiger partial charge in [0.25, 0.3) is 0 Å². The number of halogens is 1. The van der Waals surface area contributed by atoms with Crippen molar-refractivity contribution in [2.75, 3.05) is 0 Å². The van der Waals surface area contributed by atoms with Gasteiger partial charge in [-0.3, -0.25) is 0 Å². The van der Waals surface area contributed by atoms with Crippen molar-refractivity contribution in [3.8, 4) is 11.3 Å². The van der Waals surface area contributed by atoms with E-state index in [4.69, 9.17) is 0 Å². The predicted octanol–water partition coefficient (Wildman–Crippen LogP) is 2.71. The molecule has 0 spiro atoms. The van der Waals surface area contributed by atoms with Crippen molar-refractivity contribution in [3.05, 3.63) is 47.1 Å². The van der Waals surface area contributed by atoms with E-state index in [9.17, 15) is 0 Å². The summed E-state index contributed by atoms with van der Waals surface area (Å²) in [5.41, 5.74) is 1.93. The van der Waals surface area contributed by atoms with Crippen LogP contribution >= 0.6 is 15.9 Å². The predicted molar refractivity (Wildman–Crippen MR) is 54.0 cm³/mol. The number of hydrogen-bond donors (Lipinski definition) is 0. The van der Waals surface area contributed by atoms with Crippen LogP contribution in [0.25, 0.3) is 11.3 Å². The molecule has 0 atom stereocenters. The van der Waals surface area contributed by atoms with Gasteiger partial charge in [-0.15, -0.1) is 10.2 Å². The molecule has 0 unspecified atom stereocenters. The van der Waals surface area contributed by atoms with E-state index in [0.717, 1.165) is 15.7 Å². The topological polar surface area (TPSA) is 25.8 Å². The Labute approximate surface area is 84.8 Å². The summed E-state index contributed by atoms with van der Waals surface area (Å²) in [7, 11) is 0. The largest absolute Gasteiger partial charge is 0.150 e. The third kappa shape index (κ3) is 1.92. The molecule has 0 N–H and O–H groups in total. The number of rotatable bonds is 1. The van der Waals surface area contributed by atoms with Crippen LogP contribution in [0.3, 0.4) is 0 Å². The maximum absolute atomic E-state index is 3.96. The summed E-state index contributed by atoms with van der Waals surface area (Å²) in [6, 6.07) is 11.6. The van der Waals surface area contributed by atoms with Gasteiger partial charge in [-0.2, -0.15) is 0 Å². The Morgan fingerprint density at radius 3 is 2.46 bits per heavy atom. The Hall–Kier alpha value is -1.22. The molecule has 2 aromatic rings. The number of hydrogen-bond acceptors (Lipinski definition) is 2. The molecule has 2 rings (SSSR count). The van der Waals surface area contributed by atoms with E-state index in [-0.39, 0.29) is 0 Å². The maximum Gasteiger partial charge on any atom is 0.113 e. The molecule has 1 aromatic carbocycles. The molecule has 0 saturated heterocycles. The van der Waals surface area contributed by atoms with E-state index in [1.54, 1.807) is 6.07 Å². The Morgan fingerprint density at radius 1 is 1.08 bits per heavy atom. The molecule has 0 saturated carbocycles. The van der Waals surface area contributed by atoms with Gasteiger partial charge in [-0.25, -0.2) is 0 Å². The quantitative estimate of drug-likeness (QED) is 0.758. The Morgan fingerprint density at radius 2 is 1.85 bits per heavy atom. The second kappa shape index (κ2) is 3.66. The maximum atomic E-state index is 3.96. The van der Waals surface area contributed by atoms with Crippen LogP contribution in [0.15, 0.2) is 40.9 Å². The van der Waals surface area contributed by atoms with Crippen LogP contribution in [0.5, 0.6) is 0 Å². The van der Waals surface area contributed by atoms with E-state index < -0.39 is 0 Å². The van der Waals surface area contributed by atoms with Gasteiger partial charge in [0, 0.05) is 10.0 Å². The van der Waals surface area contributed by atoms with Crippen LogP contribution < -0.4 is 0 Å². The minimum absolute atomic E-state index is 0.867. The fraction of sp³-hybridized carbons (Fsp3) is 0. The standard InChI is InChI=1S/C10H6BrN2/c11-9-5-3-8(4-6-9)10-2-1-7-12-13-10/h1-6H. The SMILES string of the molecule is Brc1ccc(-c2cc[c]nn2)cc1. The first-order chi connectivity index (χ1) is 6.36. The van der Waals surface area contributed by atoms with Crippen molar-refractivity contribution < 1.29 is 0 Å². The van der Waals surface area contributed by atoms with Gasteiger partial charge in [0.2, 0.25) is 0 Å².